The maximum absolute atomic E-state index is 2.72. The normalized spacial score (nSPS) is 21.1. The van der Waals surface area contributed by atoms with Gasteiger partial charge >= 0.3 is 0 Å². The van der Waals surface area contributed by atoms with E-state index in [0.717, 1.165) is 6.04 Å². The van der Waals surface area contributed by atoms with E-state index in [9.17, 15) is 0 Å². The van der Waals surface area contributed by atoms with Crippen molar-refractivity contribution in [1.29, 1.82) is 0 Å². The fourth-order valence-corrected chi connectivity index (χ4v) is 6.13. The number of fused-ring (bicyclic) bond motifs is 1. The van der Waals surface area contributed by atoms with Crippen molar-refractivity contribution in [2.24, 2.45) is 0 Å². The Labute approximate surface area is 178 Å². The molecule has 1 saturated heterocycles. The molecule has 2 aromatic rings. The summed E-state index contributed by atoms with van der Waals surface area (Å²) in [6.45, 7) is 10.0. The molecule has 1 heterocycles. The van der Waals surface area contributed by atoms with Crippen LogP contribution in [0, 0.1) is 0 Å². The number of hydrogen-bond donors (Lipinski definition) is 0. The standard InChI is InChI=1S/C27H39N2/c1-3-29(4-2)20-11-10-17-27(29)18-12-19-28(25-15-6-5-7-16-25)26-21-23-13-8-9-14-24(23)22-26/h5-9,13-16,26-27H,3-4,10-12,17-22H2,1-2H3/q+1. The Morgan fingerprint density at radius 1 is 0.862 bits per heavy atom. The summed E-state index contributed by atoms with van der Waals surface area (Å²) in [7, 11) is 0. The van der Waals surface area contributed by atoms with Gasteiger partial charge in [-0.05, 0) is 75.6 Å². The molecule has 29 heavy (non-hydrogen) atoms. The molecule has 0 aromatic heterocycles. The topological polar surface area (TPSA) is 3.24 Å². The van der Waals surface area contributed by atoms with Crippen LogP contribution in [0.25, 0.3) is 0 Å². The van der Waals surface area contributed by atoms with E-state index in [1.165, 1.54) is 81.3 Å². The monoisotopic (exact) mass is 391 g/mol. The fraction of sp³-hybridized carbons (Fsp3) is 0.556. The molecule has 0 spiro atoms. The zero-order chi connectivity index (χ0) is 20.1. The molecule has 1 atom stereocenters. The lowest BCUT2D eigenvalue weighted by molar-refractivity contribution is -0.953. The number of quaternary nitrogens is 1. The molecule has 0 amide bonds. The van der Waals surface area contributed by atoms with Crippen LogP contribution in [-0.2, 0) is 12.8 Å². The van der Waals surface area contributed by atoms with Crippen molar-refractivity contribution in [2.75, 3.05) is 31.1 Å². The first kappa shape index (κ1) is 20.5. The average molecular weight is 392 g/mol. The van der Waals surface area contributed by atoms with E-state index in [1.807, 2.05) is 0 Å². The number of rotatable bonds is 8. The van der Waals surface area contributed by atoms with Crippen molar-refractivity contribution < 1.29 is 4.48 Å². The predicted octanol–water partition coefficient (Wildman–Crippen LogP) is 5.85. The number of benzene rings is 2. The van der Waals surface area contributed by atoms with Gasteiger partial charge in [-0.1, -0.05) is 42.5 Å². The number of likely N-dealkylation sites (tertiary alicyclic amines) is 1. The molecule has 2 heteroatoms. The third-order valence-electron chi connectivity index (χ3n) is 7.92. The molecule has 4 rings (SSSR count). The molecule has 0 N–H and O–H groups in total. The molecule has 1 fully saturated rings. The Kier molecular flexibility index (Phi) is 6.60. The maximum atomic E-state index is 2.72. The SMILES string of the molecule is CC[N+]1(CC)CCCCC1CCCN(c1ccccc1)C1Cc2ccccc2C1. The van der Waals surface area contributed by atoms with Gasteiger partial charge in [0.2, 0.25) is 0 Å². The Morgan fingerprint density at radius 3 is 2.17 bits per heavy atom. The second-order valence-corrected chi connectivity index (χ2v) is 9.23. The Morgan fingerprint density at radius 2 is 1.52 bits per heavy atom. The molecule has 1 aliphatic carbocycles. The molecule has 1 aliphatic heterocycles. The van der Waals surface area contributed by atoms with Crippen LogP contribution in [0.5, 0.6) is 0 Å². The smallest absolute Gasteiger partial charge is 0.0890 e. The third kappa shape index (κ3) is 4.38. The van der Waals surface area contributed by atoms with E-state index >= 15 is 0 Å². The van der Waals surface area contributed by atoms with Crippen LogP contribution < -0.4 is 4.90 Å². The molecule has 2 aromatic carbocycles. The highest BCUT2D eigenvalue weighted by atomic mass is 15.4. The highest BCUT2D eigenvalue weighted by molar-refractivity contribution is 5.49. The maximum Gasteiger partial charge on any atom is 0.0890 e. The van der Waals surface area contributed by atoms with Gasteiger partial charge in [-0.2, -0.15) is 0 Å². The zero-order valence-electron chi connectivity index (χ0n) is 18.5. The van der Waals surface area contributed by atoms with Gasteiger partial charge in [0.25, 0.3) is 0 Å². The van der Waals surface area contributed by atoms with E-state index in [0.29, 0.717) is 6.04 Å². The Bertz CT molecular complexity index is 740. The lowest BCUT2D eigenvalue weighted by Crippen LogP contribution is -2.57. The average Bonchev–Trinajstić information content (AvgIpc) is 3.21. The van der Waals surface area contributed by atoms with Crippen LogP contribution in [0.15, 0.2) is 54.6 Å². The minimum Gasteiger partial charge on any atom is -0.368 e. The molecular formula is C27H39N2+. The zero-order valence-corrected chi connectivity index (χ0v) is 18.5. The van der Waals surface area contributed by atoms with Gasteiger partial charge in [-0.15, -0.1) is 0 Å². The summed E-state index contributed by atoms with van der Waals surface area (Å²) >= 11 is 0. The summed E-state index contributed by atoms with van der Waals surface area (Å²) in [4.78, 5) is 2.72. The van der Waals surface area contributed by atoms with Crippen LogP contribution >= 0.6 is 0 Å². The first-order valence-corrected chi connectivity index (χ1v) is 12.0. The molecule has 2 nitrogen and oxygen atoms in total. The van der Waals surface area contributed by atoms with Gasteiger partial charge in [0.05, 0.1) is 25.7 Å². The predicted molar refractivity (Wildman–Crippen MR) is 125 cm³/mol. The lowest BCUT2D eigenvalue weighted by atomic mass is 9.94. The highest BCUT2D eigenvalue weighted by Crippen LogP contribution is 2.31. The fourth-order valence-electron chi connectivity index (χ4n) is 6.13. The summed E-state index contributed by atoms with van der Waals surface area (Å²) in [6, 6.07) is 21.7. The molecule has 2 aliphatic rings. The second kappa shape index (κ2) is 9.34. The minimum atomic E-state index is 0.609. The minimum absolute atomic E-state index is 0.609. The van der Waals surface area contributed by atoms with Crippen LogP contribution in [0.1, 0.15) is 57.1 Å². The van der Waals surface area contributed by atoms with Crippen molar-refractivity contribution >= 4 is 5.69 Å². The van der Waals surface area contributed by atoms with Crippen LogP contribution in [0.3, 0.4) is 0 Å². The van der Waals surface area contributed by atoms with Crippen molar-refractivity contribution in [3.63, 3.8) is 0 Å². The summed E-state index contributed by atoms with van der Waals surface area (Å²) in [5.74, 6) is 0. The number of piperidine rings is 1. The molecule has 1 unspecified atom stereocenters. The Balaban J connectivity index is 1.44. The number of para-hydroxylation sites is 1. The lowest BCUT2D eigenvalue weighted by Gasteiger charge is -2.47. The van der Waals surface area contributed by atoms with Crippen LogP contribution in [0.2, 0.25) is 0 Å². The van der Waals surface area contributed by atoms with Gasteiger partial charge in [0, 0.05) is 24.7 Å². The molecule has 156 valence electrons. The summed E-state index contributed by atoms with van der Waals surface area (Å²) < 4.78 is 1.36. The first-order valence-electron chi connectivity index (χ1n) is 12.0. The van der Waals surface area contributed by atoms with Crippen molar-refractivity contribution in [2.45, 2.75) is 70.9 Å². The van der Waals surface area contributed by atoms with E-state index in [1.54, 1.807) is 11.1 Å². The van der Waals surface area contributed by atoms with Crippen molar-refractivity contribution in [3.8, 4) is 0 Å². The van der Waals surface area contributed by atoms with E-state index in [-0.39, 0.29) is 0 Å². The number of nitrogens with zero attached hydrogens (tertiary/aromatic N) is 2. The highest BCUT2D eigenvalue weighted by Gasteiger charge is 2.36. The summed E-state index contributed by atoms with van der Waals surface area (Å²) in [6.07, 6.45) is 9.37. The van der Waals surface area contributed by atoms with Gasteiger partial charge in [-0.25, -0.2) is 0 Å². The number of hydrogen-bond acceptors (Lipinski definition) is 1. The van der Waals surface area contributed by atoms with Gasteiger partial charge < -0.3 is 9.38 Å². The van der Waals surface area contributed by atoms with Gasteiger partial charge in [0.15, 0.2) is 0 Å². The van der Waals surface area contributed by atoms with Gasteiger partial charge in [-0.3, -0.25) is 0 Å². The molecule has 0 saturated carbocycles. The van der Waals surface area contributed by atoms with E-state index < -0.39 is 0 Å². The molecule has 0 bridgehead atoms. The summed E-state index contributed by atoms with van der Waals surface area (Å²) in [5, 5.41) is 0. The Hall–Kier alpha value is -1.80. The summed E-state index contributed by atoms with van der Waals surface area (Å²) in [5.41, 5.74) is 4.51. The van der Waals surface area contributed by atoms with E-state index in [4.69, 9.17) is 0 Å². The largest absolute Gasteiger partial charge is 0.368 e. The first-order chi connectivity index (χ1) is 14.3. The third-order valence-corrected chi connectivity index (χ3v) is 7.92. The molecule has 0 radical (unpaired) electrons. The van der Waals surface area contributed by atoms with Gasteiger partial charge in [0.1, 0.15) is 0 Å². The van der Waals surface area contributed by atoms with E-state index in [2.05, 4.69) is 73.3 Å². The number of anilines is 1. The van der Waals surface area contributed by atoms with Crippen LogP contribution in [-0.4, -0.2) is 42.7 Å². The van der Waals surface area contributed by atoms with Crippen molar-refractivity contribution in [1.82, 2.24) is 0 Å². The quantitative estimate of drug-likeness (QED) is 0.510. The van der Waals surface area contributed by atoms with Crippen molar-refractivity contribution in [3.05, 3.63) is 65.7 Å². The second-order valence-electron chi connectivity index (χ2n) is 9.23. The molecular weight excluding hydrogens is 352 g/mol. The van der Waals surface area contributed by atoms with Crippen LogP contribution in [0.4, 0.5) is 5.69 Å².